The summed E-state index contributed by atoms with van der Waals surface area (Å²) >= 11 is 3.47. The first-order valence-electron chi connectivity index (χ1n) is 6.54. The molecule has 0 aromatic heterocycles. The van der Waals surface area contributed by atoms with Crippen LogP contribution in [0.1, 0.15) is 24.9 Å². The molecule has 0 aliphatic carbocycles. The second kappa shape index (κ2) is 6.44. The molecule has 0 radical (unpaired) electrons. The van der Waals surface area contributed by atoms with E-state index in [0.29, 0.717) is 24.4 Å². The molecule has 1 aromatic carbocycles. The Hall–Kier alpha value is -1.60. The smallest absolute Gasteiger partial charge is 0.307 e. The minimum atomic E-state index is -0.815. The van der Waals surface area contributed by atoms with Gasteiger partial charge >= 0.3 is 5.97 Å². The lowest BCUT2D eigenvalue weighted by molar-refractivity contribution is -0.141. The van der Waals surface area contributed by atoms with Crippen molar-refractivity contribution in [3.05, 3.63) is 22.2 Å². The molecule has 1 fully saturated rings. The standard InChI is InChI=1S/C14H17BrN2O4/c1-7(18)17-13-11(21-2)4-3-9(15)12(13)10-5-8(6-16-10)14(19)20/h3-4,8,10,16H,5-6H2,1-2H3,(H,17,18)(H,19,20). The predicted molar refractivity (Wildman–Crippen MR) is 81.5 cm³/mol. The summed E-state index contributed by atoms with van der Waals surface area (Å²) in [6, 6.07) is 3.43. The maximum absolute atomic E-state index is 11.4. The van der Waals surface area contributed by atoms with Gasteiger partial charge in [-0.25, -0.2) is 0 Å². The number of carbonyl (C=O) groups excluding carboxylic acids is 1. The molecule has 1 aliphatic heterocycles. The van der Waals surface area contributed by atoms with Crippen molar-refractivity contribution in [2.24, 2.45) is 5.92 Å². The van der Waals surface area contributed by atoms with E-state index in [4.69, 9.17) is 9.84 Å². The van der Waals surface area contributed by atoms with E-state index in [1.165, 1.54) is 14.0 Å². The number of aliphatic carboxylic acids is 1. The molecule has 2 rings (SSSR count). The van der Waals surface area contributed by atoms with Crippen molar-refractivity contribution >= 4 is 33.5 Å². The van der Waals surface area contributed by atoms with E-state index in [-0.39, 0.29) is 11.9 Å². The zero-order chi connectivity index (χ0) is 15.6. The molecule has 7 heteroatoms. The minimum absolute atomic E-state index is 0.155. The van der Waals surface area contributed by atoms with Gasteiger partial charge in [-0.15, -0.1) is 0 Å². The summed E-state index contributed by atoms with van der Waals surface area (Å²) in [5.74, 6) is -0.909. The number of anilines is 1. The van der Waals surface area contributed by atoms with Gasteiger partial charge in [-0.2, -0.15) is 0 Å². The van der Waals surface area contributed by atoms with Crippen LogP contribution in [0.25, 0.3) is 0 Å². The lowest BCUT2D eigenvalue weighted by Gasteiger charge is -2.20. The number of rotatable bonds is 4. The average Bonchev–Trinajstić information content (AvgIpc) is 2.88. The second-order valence-corrected chi connectivity index (χ2v) is 5.81. The first-order valence-corrected chi connectivity index (χ1v) is 7.33. The number of nitrogens with one attached hydrogen (secondary N) is 2. The van der Waals surface area contributed by atoms with E-state index >= 15 is 0 Å². The fraction of sp³-hybridized carbons (Fsp3) is 0.429. The van der Waals surface area contributed by atoms with Crippen LogP contribution in [-0.4, -0.2) is 30.6 Å². The number of carbonyl (C=O) groups is 2. The van der Waals surface area contributed by atoms with Crippen molar-refractivity contribution in [1.82, 2.24) is 5.32 Å². The third kappa shape index (κ3) is 3.36. The van der Waals surface area contributed by atoms with Crippen LogP contribution < -0.4 is 15.4 Å². The van der Waals surface area contributed by atoms with Crippen molar-refractivity contribution in [2.75, 3.05) is 19.0 Å². The molecule has 0 spiro atoms. The molecule has 2 atom stereocenters. The van der Waals surface area contributed by atoms with Crippen molar-refractivity contribution in [3.63, 3.8) is 0 Å². The van der Waals surface area contributed by atoms with Crippen molar-refractivity contribution in [2.45, 2.75) is 19.4 Å². The summed E-state index contributed by atoms with van der Waals surface area (Å²) in [6.07, 6.45) is 0.466. The summed E-state index contributed by atoms with van der Waals surface area (Å²) in [7, 11) is 1.53. The van der Waals surface area contributed by atoms with Gasteiger partial charge in [0, 0.05) is 29.5 Å². The highest BCUT2D eigenvalue weighted by Crippen LogP contribution is 2.41. The van der Waals surface area contributed by atoms with Crippen LogP contribution in [0.4, 0.5) is 5.69 Å². The molecular weight excluding hydrogens is 340 g/mol. The zero-order valence-corrected chi connectivity index (χ0v) is 13.4. The van der Waals surface area contributed by atoms with E-state index in [0.717, 1.165) is 10.0 Å². The van der Waals surface area contributed by atoms with Gasteiger partial charge in [0.15, 0.2) is 0 Å². The van der Waals surface area contributed by atoms with E-state index in [2.05, 4.69) is 26.6 Å². The summed E-state index contributed by atoms with van der Waals surface area (Å²) in [6.45, 7) is 1.83. The maximum Gasteiger partial charge on any atom is 0.307 e. The average molecular weight is 357 g/mol. The Balaban J connectivity index is 2.42. The SMILES string of the molecule is COc1ccc(Br)c(C2CC(C(=O)O)CN2)c1NC(C)=O. The number of carboxylic acids is 1. The van der Waals surface area contributed by atoms with Crippen molar-refractivity contribution < 1.29 is 19.4 Å². The molecule has 1 aromatic rings. The normalized spacial score (nSPS) is 21.1. The number of benzene rings is 1. The molecule has 1 heterocycles. The third-order valence-electron chi connectivity index (χ3n) is 3.50. The van der Waals surface area contributed by atoms with Crippen LogP contribution in [-0.2, 0) is 9.59 Å². The van der Waals surface area contributed by atoms with Crippen LogP contribution in [0.5, 0.6) is 5.75 Å². The van der Waals surface area contributed by atoms with E-state index < -0.39 is 11.9 Å². The van der Waals surface area contributed by atoms with Gasteiger partial charge in [0.05, 0.1) is 18.7 Å². The highest BCUT2D eigenvalue weighted by atomic mass is 79.9. The molecule has 21 heavy (non-hydrogen) atoms. The topological polar surface area (TPSA) is 87.7 Å². The predicted octanol–water partition coefficient (Wildman–Crippen LogP) is 2.15. The first kappa shape index (κ1) is 15.8. The quantitative estimate of drug-likeness (QED) is 0.769. The Morgan fingerprint density at radius 1 is 1.48 bits per heavy atom. The van der Waals surface area contributed by atoms with Gasteiger partial charge in [0.1, 0.15) is 5.75 Å². The summed E-state index contributed by atoms with van der Waals surface area (Å²) < 4.78 is 6.10. The third-order valence-corrected chi connectivity index (χ3v) is 4.20. The van der Waals surface area contributed by atoms with Crippen molar-refractivity contribution in [3.8, 4) is 5.75 Å². The number of hydrogen-bond acceptors (Lipinski definition) is 4. The van der Waals surface area contributed by atoms with Crippen LogP contribution in [0, 0.1) is 5.92 Å². The lowest BCUT2D eigenvalue weighted by Crippen LogP contribution is -2.19. The Bertz CT molecular complexity index is 576. The highest BCUT2D eigenvalue weighted by molar-refractivity contribution is 9.10. The van der Waals surface area contributed by atoms with Crippen LogP contribution in [0.3, 0.4) is 0 Å². The maximum atomic E-state index is 11.4. The minimum Gasteiger partial charge on any atom is -0.495 e. The fourth-order valence-corrected chi connectivity index (χ4v) is 3.14. The molecule has 1 aliphatic rings. The highest BCUT2D eigenvalue weighted by Gasteiger charge is 2.33. The van der Waals surface area contributed by atoms with Gasteiger partial charge in [0.25, 0.3) is 0 Å². The van der Waals surface area contributed by atoms with Gasteiger partial charge in [-0.1, -0.05) is 15.9 Å². The molecule has 0 saturated carbocycles. The summed E-state index contributed by atoms with van der Waals surface area (Å²) in [4.78, 5) is 22.5. The molecule has 1 saturated heterocycles. The number of ether oxygens (including phenoxy) is 1. The van der Waals surface area contributed by atoms with E-state index in [1.54, 1.807) is 6.07 Å². The number of amides is 1. The van der Waals surface area contributed by atoms with Gasteiger partial charge in [-0.3, -0.25) is 9.59 Å². The van der Waals surface area contributed by atoms with Crippen LogP contribution in [0.2, 0.25) is 0 Å². The number of methoxy groups -OCH3 is 1. The Labute approximate surface area is 131 Å². The Kier molecular flexibility index (Phi) is 4.84. The van der Waals surface area contributed by atoms with E-state index in [9.17, 15) is 9.59 Å². The monoisotopic (exact) mass is 356 g/mol. The largest absolute Gasteiger partial charge is 0.495 e. The lowest BCUT2D eigenvalue weighted by atomic mass is 9.98. The Morgan fingerprint density at radius 3 is 2.71 bits per heavy atom. The van der Waals surface area contributed by atoms with Gasteiger partial charge in [0.2, 0.25) is 5.91 Å². The summed E-state index contributed by atoms with van der Waals surface area (Å²) in [5.41, 5.74) is 1.39. The van der Waals surface area contributed by atoms with Gasteiger partial charge < -0.3 is 20.5 Å². The molecule has 2 unspecified atom stereocenters. The van der Waals surface area contributed by atoms with E-state index in [1.807, 2.05) is 6.07 Å². The molecule has 114 valence electrons. The van der Waals surface area contributed by atoms with Gasteiger partial charge in [-0.05, 0) is 18.6 Å². The van der Waals surface area contributed by atoms with Crippen molar-refractivity contribution in [1.29, 1.82) is 0 Å². The molecular formula is C14H17BrN2O4. The fourth-order valence-electron chi connectivity index (χ4n) is 2.53. The van der Waals surface area contributed by atoms with Crippen LogP contribution in [0.15, 0.2) is 16.6 Å². The number of halogens is 1. The van der Waals surface area contributed by atoms with Crippen LogP contribution >= 0.6 is 15.9 Å². The molecule has 1 amide bonds. The second-order valence-electron chi connectivity index (χ2n) is 4.95. The summed E-state index contributed by atoms with van der Waals surface area (Å²) in [5, 5.41) is 15.1. The first-order chi connectivity index (χ1) is 9.93. The Morgan fingerprint density at radius 2 is 2.19 bits per heavy atom. The number of carboxylic acid groups (broad SMARTS) is 1. The molecule has 3 N–H and O–H groups in total. The molecule has 6 nitrogen and oxygen atoms in total. The number of hydrogen-bond donors (Lipinski definition) is 3. The zero-order valence-electron chi connectivity index (χ0n) is 11.8. The molecule has 0 bridgehead atoms.